The van der Waals surface area contributed by atoms with Crippen molar-refractivity contribution in [2.45, 2.75) is 20.3 Å². The number of para-hydroxylation sites is 1. The van der Waals surface area contributed by atoms with Crippen LogP contribution in [0.15, 0.2) is 54.6 Å². The molecule has 2 aromatic rings. The van der Waals surface area contributed by atoms with Gasteiger partial charge in [-0.15, -0.1) is 0 Å². The zero-order valence-electron chi connectivity index (χ0n) is 15.3. The van der Waals surface area contributed by atoms with Crippen molar-refractivity contribution >= 4 is 29.1 Å². The van der Waals surface area contributed by atoms with Crippen molar-refractivity contribution in [1.29, 1.82) is 0 Å². The number of nitrogens with one attached hydrogen (secondary N) is 3. The Morgan fingerprint density at radius 1 is 0.963 bits per heavy atom. The lowest BCUT2D eigenvalue weighted by Crippen LogP contribution is -2.48. The second kappa shape index (κ2) is 10.3. The van der Waals surface area contributed by atoms with E-state index in [9.17, 15) is 9.59 Å². The summed E-state index contributed by atoms with van der Waals surface area (Å²) in [6, 6.07) is 15.6. The molecule has 0 aromatic heterocycles. The van der Waals surface area contributed by atoms with Gasteiger partial charge in [0.2, 0.25) is 0 Å². The van der Waals surface area contributed by atoms with Crippen LogP contribution in [0.25, 0.3) is 0 Å². The predicted molar refractivity (Wildman–Crippen MR) is 109 cm³/mol. The molecule has 0 aliphatic heterocycles. The van der Waals surface area contributed by atoms with Crippen LogP contribution in [0.1, 0.15) is 41.0 Å². The molecule has 0 unspecified atom stereocenters. The summed E-state index contributed by atoms with van der Waals surface area (Å²) < 4.78 is 5.71. The lowest BCUT2D eigenvalue weighted by atomic mass is 10.1. The maximum Gasteiger partial charge on any atom is 0.269 e. The molecule has 0 aliphatic rings. The highest BCUT2D eigenvalue weighted by atomic mass is 32.1. The van der Waals surface area contributed by atoms with Crippen molar-refractivity contribution in [1.82, 2.24) is 16.2 Å². The van der Waals surface area contributed by atoms with Crippen LogP contribution in [0.4, 0.5) is 0 Å². The fourth-order valence-electron chi connectivity index (χ4n) is 2.16. The van der Waals surface area contributed by atoms with Crippen molar-refractivity contribution in [2.75, 3.05) is 6.61 Å². The highest BCUT2D eigenvalue weighted by Gasteiger charge is 2.14. The number of carbonyl (C=O) groups excluding carboxylic acids is 2. The Morgan fingerprint density at radius 2 is 1.63 bits per heavy atom. The van der Waals surface area contributed by atoms with Crippen LogP contribution in [0, 0.1) is 5.92 Å². The van der Waals surface area contributed by atoms with Crippen LogP contribution in [0.3, 0.4) is 0 Å². The molecular formula is C20H23N3O3S. The molecule has 2 aromatic carbocycles. The predicted octanol–water partition coefficient (Wildman–Crippen LogP) is 3.06. The van der Waals surface area contributed by atoms with Gasteiger partial charge in [0.25, 0.3) is 11.8 Å². The van der Waals surface area contributed by atoms with E-state index in [1.807, 2.05) is 6.07 Å². The maximum atomic E-state index is 12.5. The molecule has 0 heterocycles. The zero-order chi connectivity index (χ0) is 19.6. The van der Waals surface area contributed by atoms with E-state index in [2.05, 4.69) is 30.0 Å². The van der Waals surface area contributed by atoms with E-state index in [0.29, 0.717) is 29.4 Å². The van der Waals surface area contributed by atoms with E-state index in [-0.39, 0.29) is 11.0 Å². The first-order valence-corrected chi connectivity index (χ1v) is 9.06. The van der Waals surface area contributed by atoms with Gasteiger partial charge in [0.15, 0.2) is 5.11 Å². The van der Waals surface area contributed by atoms with E-state index in [0.717, 1.165) is 6.42 Å². The summed E-state index contributed by atoms with van der Waals surface area (Å²) in [5, 5.41) is 2.52. The van der Waals surface area contributed by atoms with Crippen LogP contribution in [0.5, 0.6) is 5.75 Å². The van der Waals surface area contributed by atoms with Gasteiger partial charge in [0, 0.05) is 5.56 Å². The van der Waals surface area contributed by atoms with Gasteiger partial charge in [0.1, 0.15) is 5.75 Å². The molecule has 0 bridgehead atoms. The van der Waals surface area contributed by atoms with E-state index in [1.165, 1.54) is 0 Å². The number of thiocarbonyl (C=S) groups is 1. The second-order valence-electron chi connectivity index (χ2n) is 6.26. The molecule has 2 rings (SSSR count). The molecule has 3 N–H and O–H groups in total. The van der Waals surface area contributed by atoms with Crippen LogP contribution in [-0.4, -0.2) is 23.5 Å². The summed E-state index contributed by atoms with van der Waals surface area (Å²) >= 11 is 5.06. The minimum absolute atomic E-state index is 0.0127. The zero-order valence-corrected chi connectivity index (χ0v) is 16.1. The smallest absolute Gasteiger partial charge is 0.269 e. The SMILES string of the molecule is CC(C)CCOc1ccccc1C(=O)NC(=S)NNC(=O)c1ccccc1. The second-order valence-corrected chi connectivity index (χ2v) is 6.66. The quantitative estimate of drug-likeness (QED) is 0.526. The summed E-state index contributed by atoms with van der Waals surface area (Å²) in [6.07, 6.45) is 0.890. The van der Waals surface area contributed by atoms with Gasteiger partial charge in [-0.1, -0.05) is 44.2 Å². The van der Waals surface area contributed by atoms with Crippen LogP contribution < -0.4 is 20.9 Å². The highest BCUT2D eigenvalue weighted by Crippen LogP contribution is 2.18. The van der Waals surface area contributed by atoms with Gasteiger partial charge in [-0.25, -0.2) is 0 Å². The minimum atomic E-state index is -0.415. The average Bonchev–Trinajstić information content (AvgIpc) is 2.67. The van der Waals surface area contributed by atoms with Gasteiger partial charge in [0.05, 0.1) is 12.2 Å². The Morgan fingerprint density at radius 3 is 2.33 bits per heavy atom. The fourth-order valence-corrected chi connectivity index (χ4v) is 2.31. The molecule has 0 aliphatic carbocycles. The van der Waals surface area contributed by atoms with E-state index < -0.39 is 5.91 Å². The summed E-state index contributed by atoms with van der Waals surface area (Å²) in [6.45, 7) is 4.74. The number of hydrogen-bond acceptors (Lipinski definition) is 4. The Balaban J connectivity index is 1.89. The van der Waals surface area contributed by atoms with Crippen LogP contribution >= 0.6 is 12.2 Å². The number of ether oxygens (including phenoxy) is 1. The van der Waals surface area contributed by atoms with E-state index in [4.69, 9.17) is 17.0 Å². The molecule has 2 amide bonds. The highest BCUT2D eigenvalue weighted by molar-refractivity contribution is 7.80. The van der Waals surface area contributed by atoms with Crippen LogP contribution in [0.2, 0.25) is 0 Å². The maximum absolute atomic E-state index is 12.5. The number of benzene rings is 2. The number of hydrogen-bond donors (Lipinski definition) is 3. The lowest BCUT2D eigenvalue weighted by Gasteiger charge is -2.14. The number of carbonyl (C=O) groups is 2. The molecule has 0 spiro atoms. The summed E-state index contributed by atoms with van der Waals surface area (Å²) in [5.74, 6) is 0.231. The van der Waals surface area contributed by atoms with Crippen molar-refractivity contribution in [3.05, 3.63) is 65.7 Å². The Labute approximate surface area is 164 Å². The third-order valence-corrected chi connectivity index (χ3v) is 3.84. The first-order valence-electron chi connectivity index (χ1n) is 8.66. The Bertz CT molecular complexity index is 794. The van der Waals surface area contributed by atoms with Crippen molar-refractivity contribution < 1.29 is 14.3 Å². The van der Waals surface area contributed by atoms with Gasteiger partial charge in [-0.2, -0.15) is 0 Å². The monoisotopic (exact) mass is 385 g/mol. The standard InChI is InChI=1S/C20H23N3O3S/c1-14(2)12-13-26-17-11-7-6-10-16(17)19(25)21-20(27)23-22-18(24)15-8-4-3-5-9-15/h3-11,14H,12-13H2,1-2H3,(H,22,24)(H2,21,23,25,27). The number of hydrazine groups is 1. The summed E-state index contributed by atoms with van der Waals surface area (Å²) in [7, 11) is 0. The molecule has 0 saturated carbocycles. The molecule has 7 heteroatoms. The molecule has 27 heavy (non-hydrogen) atoms. The first kappa shape index (κ1) is 20.4. The Kier molecular flexibility index (Phi) is 7.76. The lowest BCUT2D eigenvalue weighted by molar-refractivity contribution is 0.0933. The normalized spacial score (nSPS) is 10.2. The molecule has 0 atom stereocenters. The third-order valence-electron chi connectivity index (χ3n) is 3.64. The van der Waals surface area contributed by atoms with Crippen molar-refractivity contribution in [2.24, 2.45) is 5.92 Å². The molecule has 0 fully saturated rings. The van der Waals surface area contributed by atoms with Gasteiger partial charge >= 0.3 is 0 Å². The first-order chi connectivity index (χ1) is 13.0. The fraction of sp³-hybridized carbons (Fsp3) is 0.250. The van der Waals surface area contributed by atoms with E-state index in [1.54, 1.807) is 48.5 Å². The van der Waals surface area contributed by atoms with Crippen molar-refractivity contribution in [3.8, 4) is 5.75 Å². The number of rotatable bonds is 6. The summed E-state index contributed by atoms with van der Waals surface area (Å²) in [5.41, 5.74) is 5.81. The van der Waals surface area contributed by atoms with Gasteiger partial charge in [-0.05, 0) is 48.8 Å². The number of amides is 2. The Hall–Kier alpha value is -2.93. The molecule has 142 valence electrons. The summed E-state index contributed by atoms with van der Waals surface area (Å²) in [4.78, 5) is 24.4. The minimum Gasteiger partial charge on any atom is -0.493 e. The van der Waals surface area contributed by atoms with Gasteiger partial charge < -0.3 is 4.74 Å². The molecule has 6 nitrogen and oxygen atoms in total. The van der Waals surface area contributed by atoms with Gasteiger partial charge in [-0.3, -0.25) is 25.8 Å². The topological polar surface area (TPSA) is 79.5 Å². The van der Waals surface area contributed by atoms with Crippen molar-refractivity contribution in [3.63, 3.8) is 0 Å². The van der Waals surface area contributed by atoms with E-state index >= 15 is 0 Å². The largest absolute Gasteiger partial charge is 0.493 e. The average molecular weight is 385 g/mol. The third kappa shape index (κ3) is 6.71. The molecule has 0 radical (unpaired) electrons. The molecule has 0 saturated heterocycles. The molecular weight excluding hydrogens is 362 g/mol. The van der Waals surface area contributed by atoms with Crippen LogP contribution in [-0.2, 0) is 0 Å².